The predicted molar refractivity (Wildman–Crippen MR) is 70.8 cm³/mol. The number of carbonyl (C=O) groups excluding carboxylic acids is 1. The molecule has 1 amide bonds. The average Bonchev–Trinajstić information content (AvgIpc) is 2.76. The molecule has 98 valence electrons. The van der Waals surface area contributed by atoms with E-state index in [0.717, 1.165) is 19.3 Å². The van der Waals surface area contributed by atoms with E-state index in [1.807, 2.05) is 0 Å². The Morgan fingerprint density at radius 2 is 2.22 bits per heavy atom. The van der Waals surface area contributed by atoms with Crippen LogP contribution >= 0.6 is 11.6 Å². The van der Waals surface area contributed by atoms with Crippen molar-refractivity contribution in [3.8, 4) is 5.75 Å². The van der Waals surface area contributed by atoms with Crippen LogP contribution in [0.3, 0.4) is 0 Å². The van der Waals surface area contributed by atoms with Crippen molar-refractivity contribution in [2.24, 2.45) is 17.4 Å². The van der Waals surface area contributed by atoms with Crippen molar-refractivity contribution >= 4 is 17.5 Å². The highest BCUT2D eigenvalue weighted by Gasteiger charge is 2.28. The van der Waals surface area contributed by atoms with Crippen LogP contribution in [0.25, 0.3) is 0 Å². The third-order valence-electron chi connectivity index (χ3n) is 3.38. The largest absolute Gasteiger partial charge is 0.489 e. The Morgan fingerprint density at radius 3 is 2.89 bits per heavy atom. The molecule has 0 radical (unpaired) electrons. The van der Waals surface area contributed by atoms with Crippen molar-refractivity contribution in [1.82, 2.24) is 0 Å². The fraction of sp³-hybridized carbons (Fsp3) is 0.462. The standard InChI is InChI=1S/C13H17ClN2O2/c14-9-4-5-10(13(16)17)12(6-9)18-11-3-1-2-8(11)7-15/h4-6,8,11H,1-3,7,15H2,(H2,16,17). The van der Waals surface area contributed by atoms with Gasteiger partial charge in [0.25, 0.3) is 5.91 Å². The number of primary amides is 1. The first kappa shape index (κ1) is 13.2. The number of ether oxygens (including phenoxy) is 1. The monoisotopic (exact) mass is 268 g/mol. The van der Waals surface area contributed by atoms with Gasteiger partial charge >= 0.3 is 0 Å². The van der Waals surface area contributed by atoms with E-state index in [4.69, 9.17) is 27.8 Å². The van der Waals surface area contributed by atoms with E-state index < -0.39 is 5.91 Å². The molecule has 1 aromatic carbocycles. The molecule has 2 rings (SSSR count). The zero-order chi connectivity index (χ0) is 13.1. The first-order valence-electron chi connectivity index (χ1n) is 6.08. The van der Waals surface area contributed by atoms with E-state index in [9.17, 15) is 4.79 Å². The Balaban J connectivity index is 2.22. The molecule has 2 atom stereocenters. The molecule has 0 bridgehead atoms. The van der Waals surface area contributed by atoms with Crippen LogP contribution in [-0.4, -0.2) is 18.6 Å². The van der Waals surface area contributed by atoms with Gasteiger partial charge in [0.15, 0.2) is 0 Å². The molecule has 18 heavy (non-hydrogen) atoms. The lowest BCUT2D eigenvalue weighted by molar-refractivity contribution is 0.0989. The minimum atomic E-state index is -0.510. The third kappa shape index (κ3) is 2.76. The summed E-state index contributed by atoms with van der Waals surface area (Å²) in [6.45, 7) is 0.594. The number of benzene rings is 1. The van der Waals surface area contributed by atoms with Gasteiger partial charge in [-0.25, -0.2) is 0 Å². The number of carbonyl (C=O) groups is 1. The lowest BCUT2D eigenvalue weighted by Gasteiger charge is -2.21. The normalized spacial score (nSPS) is 23.0. The maximum absolute atomic E-state index is 11.3. The highest BCUT2D eigenvalue weighted by molar-refractivity contribution is 6.30. The Kier molecular flexibility index (Phi) is 4.09. The van der Waals surface area contributed by atoms with Gasteiger partial charge in [0.1, 0.15) is 11.9 Å². The summed E-state index contributed by atoms with van der Waals surface area (Å²) >= 11 is 5.92. The van der Waals surface area contributed by atoms with E-state index in [0.29, 0.717) is 28.8 Å². The fourth-order valence-corrected chi connectivity index (χ4v) is 2.55. The number of halogens is 1. The summed E-state index contributed by atoms with van der Waals surface area (Å²) in [6, 6.07) is 4.85. The van der Waals surface area contributed by atoms with Gasteiger partial charge in [-0.2, -0.15) is 0 Å². The number of hydrogen-bond donors (Lipinski definition) is 2. The Labute approximate surface area is 111 Å². The maximum atomic E-state index is 11.3. The molecule has 0 heterocycles. The van der Waals surface area contributed by atoms with Crippen molar-refractivity contribution in [2.45, 2.75) is 25.4 Å². The van der Waals surface area contributed by atoms with Crippen molar-refractivity contribution < 1.29 is 9.53 Å². The number of rotatable bonds is 4. The third-order valence-corrected chi connectivity index (χ3v) is 3.61. The van der Waals surface area contributed by atoms with E-state index >= 15 is 0 Å². The minimum Gasteiger partial charge on any atom is -0.489 e. The molecule has 4 nitrogen and oxygen atoms in total. The van der Waals surface area contributed by atoms with E-state index in [-0.39, 0.29) is 6.10 Å². The summed E-state index contributed by atoms with van der Waals surface area (Å²) in [5.41, 5.74) is 11.4. The highest BCUT2D eigenvalue weighted by Crippen LogP contribution is 2.31. The Morgan fingerprint density at radius 1 is 1.44 bits per heavy atom. The molecule has 0 aliphatic heterocycles. The predicted octanol–water partition coefficient (Wildman–Crippen LogP) is 1.95. The first-order chi connectivity index (χ1) is 8.61. The van der Waals surface area contributed by atoms with Crippen molar-refractivity contribution in [1.29, 1.82) is 0 Å². The summed E-state index contributed by atoms with van der Waals surface area (Å²) in [6.07, 6.45) is 3.16. The van der Waals surface area contributed by atoms with Crippen molar-refractivity contribution in [3.05, 3.63) is 28.8 Å². The van der Waals surface area contributed by atoms with Crippen LogP contribution in [0.1, 0.15) is 29.6 Å². The second kappa shape index (κ2) is 5.59. The molecule has 2 unspecified atom stereocenters. The fourth-order valence-electron chi connectivity index (χ4n) is 2.39. The topological polar surface area (TPSA) is 78.3 Å². The number of nitrogens with two attached hydrogens (primary N) is 2. The summed E-state index contributed by atoms with van der Waals surface area (Å²) in [5.74, 6) is 0.286. The molecule has 0 saturated heterocycles. The molecule has 1 aliphatic rings. The molecule has 1 saturated carbocycles. The maximum Gasteiger partial charge on any atom is 0.252 e. The van der Waals surface area contributed by atoms with Gasteiger partial charge in [-0.3, -0.25) is 4.79 Å². The van der Waals surface area contributed by atoms with Gasteiger partial charge in [0, 0.05) is 10.9 Å². The molecule has 0 spiro atoms. The molecule has 1 aliphatic carbocycles. The number of hydrogen-bond acceptors (Lipinski definition) is 3. The molecular weight excluding hydrogens is 252 g/mol. The van der Waals surface area contributed by atoms with Crippen molar-refractivity contribution in [3.63, 3.8) is 0 Å². The second-order valence-electron chi connectivity index (χ2n) is 4.59. The quantitative estimate of drug-likeness (QED) is 0.876. The Hall–Kier alpha value is -1.26. The zero-order valence-corrected chi connectivity index (χ0v) is 10.8. The van der Waals surface area contributed by atoms with E-state index in [2.05, 4.69) is 0 Å². The van der Waals surface area contributed by atoms with Gasteiger partial charge in [-0.05, 0) is 44.0 Å². The van der Waals surface area contributed by atoms with Crippen LogP contribution in [0.15, 0.2) is 18.2 Å². The minimum absolute atomic E-state index is 0.0477. The van der Waals surface area contributed by atoms with E-state index in [1.54, 1.807) is 18.2 Å². The molecule has 1 fully saturated rings. The second-order valence-corrected chi connectivity index (χ2v) is 5.02. The van der Waals surface area contributed by atoms with Gasteiger partial charge in [0.05, 0.1) is 5.56 Å². The van der Waals surface area contributed by atoms with Crippen LogP contribution in [0.5, 0.6) is 5.75 Å². The van der Waals surface area contributed by atoms with Crippen LogP contribution in [0.4, 0.5) is 0 Å². The first-order valence-corrected chi connectivity index (χ1v) is 6.45. The molecular formula is C13H17ClN2O2. The van der Waals surface area contributed by atoms with Crippen LogP contribution in [0.2, 0.25) is 5.02 Å². The molecule has 1 aromatic rings. The lowest BCUT2D eigenvalue weighted by atomic mass is 10.1. The molecule has 5 heteroatoms. The van der Waals surface area contributed by atoms with E-state index in [1.165, 1.54) is 0 Å². The highest BCUT2D eigenvalue weighted by atomic mass is 35.5. The van der Waals surface area contributed by atoms with Crippen LogP contribution in [-0.2, 0) is 0 Å². The smallest absolute Gasteiger partial charge is 0.252 e. The summed E-state index contributed by atoms with van der Waals surface area (Å²) < 4.78 is 5.89. The SMILES string of the molecule is NCC1CCCC1Oc1cc(Cl)ccc1C(N)=O. The number of amides is 1. The Bertz CT molecular complexity index is 451. The zero-order valence-electron chi connectivity index (χ0n) is 10.1. The summed E-state index contributed by atoms with van der Waals surface area (Å²) in [4.78, 5) is 11.3. The summed E-state index contributed by atoms with van der Waals surface area (Å²) in [5, 5.41) is 0.525. The van der Waals surface area contributed by atoms with Crippen LogP contribution in [0, 0.1) is 5.92 Å². The molecule has 4 N–H and O–H groups in total. The van der Waals surface area contributed by atoms with Crippen molar-refractivity contribution in [2.75, 3.05) is 6.54 Å². The molecule has 0 aromatic heterocycles. The van der Waals surface area contributed by atoms with Gasteiger partial charge in [0.2, 0.25) is 0 Å². The average molecular weight is 269 g/mol. The lowest BCUT2D eigenvalue weighted by Crippen LogP contribution is -2.28. The van der Waals surface area contributed by atoms with Gasteiger partial charge < -0.3 is 16.2 Å². The summed E-state index contributed by atoms with van der Waals surface area (Å²) in [7, 11) is 0. The van der Waals surface area contributed by atoms with Gasteiger partial charge in [-0.15, -0.1) is 0 Å². The van der Waals surface area contributed by atoms with Crippen LogP contribution < -0.4 is 16.2 Å². The van der Waals surface area contributed by atoms with Gasteiger partial charge in [-0.1, -0.05) is 11.6 Å².